The van der Waals surface area contributed by atoms with E-state index in [1.54, 1.807) is 0 Å². The molecule has 0 aliphatic rings. The zero-order valence-corrected chi connectivity index (χ0v) is 7.71. The van der Waals surface area contributed by atoms with Crippen LogP contribution in [0.1, 0.15) is 5.56 Å². The number of rotatable bonds is 4. The van der Waals surface area contributed by atoms with Crippen LogP contribution in [0.3, 0.4) is 0 Å². The molecule has 0 heterocycles. The van der Waals surface area contributed by atoms with Crippen LogP contribution in [0.2, 0.25) is 0 Å². The molecule has 3 nitrogen and oxygen atoms in total. The molecule has 1 aromatic rings. The van der Waals surface area contributed by atoms with Crippen LogP contribution in [0.15, 0.2) is 30.5 Å². The molecular formula is C10H9F2NO2. The zero-order chi connectivity index (χ0) is 11.3. The summed E-state index contributed by atoms with van der Waals surface area (Å²) in [6.07, 6.45) is 2.08. The second-order valence-corrected chi connectivity index (χ2v) is 2.79. The fourth-order valence-corrected chi connectivity index (χ4v) is 0.964. The zero-order valence-electron chi connectivity index (χ0n) is 7.71. The van der Waals surface area contributed by atoms with Crippen molar-refractivity contribution in [3.63, 3.8) is 0 Å². The molecule has 0 fully saturated rings. The monoisotopic (exact) mass is 213 g/mol. The third kappa shape index (κ3) is 3.76. The fraction of sp³-hybridized carbons (Fsp3) is 0.100. The molecule has 0 saturated heterocycles. The van der Waals surface area contributed by atoms with Gasteiger partial charge in [-0.25, -0.2) is 13.6 Å². The first-order chi connectivity index (χ1) is 7.09. The molecule has 0 spiro atoms. The molecule has 15 heavy (non-hydrogen) atoms. The number of halogens is 2. The minimum atomic E-state index is -1.10. The van der Waals surface area contributed by atoms with Crippen LogP contribution < -0.4 is 5.32 Å². The van der Waals surface area contributed by atoms with E-state index in [2.05, 4.69) is 5.32 Å². The van der Waals surface area contributed by atoms with Gasteiger partial charge in [-0.05, 0) is 6.07 Å². The average molecular weight is 213 g/mol. The molecule has 0 radical (unpaired) electrons. The van der Waals surface area contributed by atoms with Crippen molar-refractivity contribution >= 4 is 5.97 Å². The van der Waals surface area contributed by atoms with Gasteiger partial charge in [0.15, 0.2) is 0 Å². The van der Waals surface area contributed by atoms with Crippen LogP contribution in [0.5, 0.6) is 0 Å². The summed E-state index contributed by atoms with van der Waals surface area (Å²) in [5, 5.41) is 10.8. The van der Waals surface area contributed by atoms with Crippen LogP contribution in [0, 0.1) is 11.6 Å². The molecule has 0 aliphatic carbocycles. The molecule has 80 valence electrons. The van der Waals surface area contributed by atoms with Crippen molar-refractivity contribution in [1.29, 1.82) is 0 Å². The lowest BCUT2D eigenvalue weighted by atomic mass is 10.2. The molecule has 1 rings (SSSR count). The van der Waals surface area contributed by atoms with E-state index in [-0.39, 0.29) is 12.1 Å². The van der Waals surface area contributed by atoms with E-state index in [0.717, 1.165) is 18.2 Å². The summed E-state index contributed by atoms with van der Waals surface area (Å²) in [5.74, 6) is -2.40. The van der Waals surface area contributed by atoms with E-state index < -0.39 is 17.6 Å². The molecule has 2 N–H and O–H groups in total. The van der Waals surface area contributed by atoms with Crippen LogP contribution >= 0.6 is 0 Å². The Morgan fingerprint density at radius 1 is 1.47 bits per heavy atom. The minimum absolute atomic E-state index is 0.107. The minimum Gasteiger partial charge on any atom is -0.478 e. The molecule has 0 aliphatic heterocycles. The number of nitrogens with one attached hydrogen (secondary N) is 1. The Morgan fingerprint density at radius 3 is 2.80 bits per heavy atom. The van der Waals surface area contributed by atoms with Crippen LogP contribution in [0.25, 0.3) is 0 Å². The molecule has 5 heteroatoms. The number of hydrogen-bond acceptors (Lipinski definition) is 2. The Balaban J connectivity index is 2.54. The first-order valence-electron chi connectivity index (χ1n) is 4.16. The SMILES string of the molecule is O=C(O)/C=C/NCc1ccc(F)cc1F. The van der Waals surface area contributed by atoms with Gasteiger partial charge in [0.1, 0.15) is 11.6 Å². The van der Waals surface area contributed by atoms with Gasteiger partial charge in [-0.15, -0.1) is 0 Å². The second kappa shape index (κ2) is 5.09. The van der Waals surface area contributed by atoms with Crippen molar-refractivity contribution < 1.29 is 18.7 Å². The van der Waals surface area contributed by atoms with Crippen molar-refractivity contribution in [3.05, 3.63) is 47.7 Å². The van der Waals surface area contributed by atoms with Gasteiger partial charge in [-0.2, -0.15) is 0 Å². The predicted molar refractivity (Wildman–Crippen MR) is 50.0 cm³/mol. The van der Waals surface area contributed by atoms with Gasteiger partial charge in [0.25, 0.3) is 0 Å². The standard InChI is InChI=1S/C10H9F2NO2/c11-8-2-1-7(9(12)5-8)6-13-4-3-10(14)15/h1-5,13H,6H2,(H,14,15)/b4-3+. The van der Waals surface area contributed by atoms with Crippen LogP contribution in [0.4, 0.5) is 8.78 Å². The lowest BCUT2D eigenvalue weighted by molar-refractivity contribution is -0.131. The van der Waals surface area contributed by atoms with E-state index in [1.807, 2.05) is 0 Å². The summed E-state index contributed by atoms with van der Waals surface area (Å²) in [6.45, 7) is 0.107. The largest absolute Gasteiger partial charge is 0.478 e. The summed E-state index contributed by atoms with van der Waals surface area (Å²) >= 11 is 0. The summed E-state index contributed by atoms with van der Waals surface area (Å²) in [4.78, 5) is 10.1. The smallest absolute Gasteiger partial charge is 0.329 e. The van der Waals surface area contributed by atoms with Crippen molar-refractivity contribution in [2.45, 2.75) is 6.54 Å². The number of carboxylic acids is 1. The van der Waals surface area contributed by atoms with Gasteiger partial charge in [-0.1, -0.05) is 6.07 Å². The molecule has 0 aromatic heterocycles. The van der Waals surface area contributed by atoms with E-state index in [0.29, 0.717) is 0 Å². The molecular weight excluding hydrogens is 204 g/mol. The topological polar surface area (TPSA) is 49.3 Å². The summed E-state index contributed by atoms with van der Waals surface area (Å²) in [6, 6.07) is 3.21. The predicted octanol–water partition coefficient (Wildman–Crippen LogP) is 1.65. The highest BCUT2D eigenvalue weighted by molar-refractivity contribution is 5.79. The number of carbonyl (C=O) groups is 1. The molecule has 0 bridgehead atoms. The van der Waals surface area contributed by atoms with Crippen molar-refractivity contribution in [2.24, 2.45) is 0 Å². The fourth-order valence-electron chi connectivity index (χ4n) is 0.964. The van der Waals surface area contributed by atoms with Crippen molar-refractivity contribution in [2.75, 3.05) is 0 Å². The number of carboxylic acid groups (broad SMARTS) is 1. The maximum atomic E-state index is 13.0. The van der Waals surface area contributed by atoms with Gasteiger partial charge in [0, 0.05) is 30.5 Å². The number of benzene rings is 1. The van der Waals surface area contributed by atoms with Crippen LogP contribution in [-0.4, -0.2) is 11.1 Å². The van der Waals surface area contributed by atoms with Gasteiger partial charge >= 0.3 is 5.97 Å². The third-order valence-corrected chi connectivity index (χ3v) is 1.65. The molecule has 0 unspecified atom stereocenters. The highest BCUT2D eigenvalue weighted by Crippen LogP contribution is 2.08. The van der Waals surface area contributed by atoms with Crippen molar-refractivity contribution in [3.8, 4) is 0 Å². The molecule has 0 saturated carbocycles. The van der Waals surface area contributed by atoms with Gasteiger partial charge in [0.2, 0.25) is 0 Å². The van der Waals surface area contributed by atoms with E-state index in [9.17, 15) is 13.6 Å². The Labute approximate surface area is 85.0 Å². The quantitative estimate of drug-likeness (QED) is 0.748. The highest BCUT2D eigenvalue weighted by atomic mass is 19.1. The maximum absolute atomic E-state index is 13.0. The molecule has 1 aromatic carbocycles. The Bertz CT molecular complexity index is 391. The van der Waals surface area contributed by atoms with E-state index in [1.165, 1.54) is 12.3 Å². The normalized spacial score (nSPS) is 10.5. The first-order valence-corrected chi connectivity index (χ1v) is 4.16. The maximum Gasteiger partial charge on any atom is 0.329 e. The lowest BCUT2D eigenvalue weighted by Crippen LogP contribution is -2.07. The van der Waals surface area contributed by atoms with Gasteiger partial charge in [-0.3, -0.25) is 0 Å². The Morgan fingerprint density at radius 2 is 2.20 bits per heavy atom. The van der Waals surface area contributed by atoms with Gasteiger partial charge in [0.05, 0.1) is 0 Å². The summed E-state index contributed by atoms with van der Waals surface area (Å²) in [7, 11) is 0. The van der Waals surface area contributed by atoms with Gasteiger partial charge < -0.3 is 10.4 Å². The number of hydrogen-bond donors (Lipinski definition) is 2. The molecule has 0 atom stereocenters. The van der Waals surface area contributed by atoms with E-state index in [4.69, 9.17) is 5.11 Å². The third-order valence-electron chi connectivity index (χ3n) is 1.65. The number of aliphatic carboxylic acids is 1. The van der Waals surface area contributed by atoms with Crippen molar-refractivity contribution in [1.82, 2.24) is 5.32 Å². The second-order valence-electron chi connectivity index (χ2n) is 2.79. The van der Waals surface area contributed by atoms with E-state index >= 15 is 0 Å². The average Bonchev–Trinajstić information content (AvgIpc) is 2.14. The first kappa shape index (κ1) is 11.2. The lowest BCUT2D eigenvalue weighted by Gasteiger charge is -2.02. The summed E-state index contributed by atoms with van der Waals surface area (Å²) in [5.41, 5.74) is 0.270. The molecule has 0 amide bonds. The summed E-state index contributed by atoms with van der Waals surface area (Å²) < 4.78 is 25.5. The Kier molecular flexibility index (Phi) is 3.79. The Hall–Kier alpha value is -1.91. The van der Waals surface area contributed by atoms with Crippen LogP contribution in [-0.2, 0) is 11.3 Å². The highest BCUT2D eigenvalue weighted by Gasteiger charge is 2.01.